The van der Waals surface area contributed by atoms with E-state index in [0.29, 0.717) is 0 Å². The Morgan fingerprint density at radius 3 is 2.68 bits per heavy atom. The average molecular weight is 379 g/mol. The van der Waals surface area contributed by atoms with Gasteiger partial charge in [0.1, 0.15) is 0 Å². The van der Waals surface area contributed by atoms with Crippen LogP contribution in [0.4, 0.5) is 0 Å². The SMILES string of the molecule is CNS(=O)(=O)c1ccc(CN2CCC[C@@H](C(=O)c3cccs3)C2)cc1. The highest BCUT2D eigenvalue weighted by Gasteiger charge is 2.27. The fourth-order valence-electron chi connectivity index (χ4n) is 3.18. The van der Waals surface area contributed by atoms with Gasteiger partial charge in [-0.1, -0.05) is 18.2 Å². The van der Waals surface area contributed by atoms with E-state index in [0.717, 1.165) is 42.9 Å². The molecule has 1 aliphatic heterocycles. The van der Waals surface area contributed by atoms with Gasteiger partial charge in [0.05, 0.1) is 9.77 Å². The van der Waals surface area contributed by atoms with Crippen molar-refractivity contribution in [2.75, 3.05) is 20.1 Å². The highest BCUT2D eigenvalue weighted by Crippen LogP contribution is 2.24. The van der Waals surface area contributed by atoms with Crippen LogP contribution < -0.4 is 4.72 Å². The van der Waals surface area contributed by atoms with Crippen LogP contribution in [0.15, 0.2) is 46.7 Å². The average Bonchev–Trinajstić information content (AvgIpc) is 3.16. The van der Waals surface area contributed by atoms with Crippen molar-refractivity contribution < 1.29 is 13.2 Å². The number of ketones is 1. The summed E-state index contributed by atoms with van der Waals surface area (Å²) in [5, 5.41) is 1.94. The van der Waals surface area contributed by atoms with Gasteiger partial charge < -0.3 is 0 Å². The number of piperidine rings is 1. The van der Waals surface area contributed by atoms with Crippen LogP contribution >= 0.6 is 11.3 Å². The van der Waals surface area contributed by atoms with Gasteiger partial charge in [-0.25, -0.2) is 13.1 Å². The van der Waals surface area contributed by atoms with Crippen LogP contribution in [0.2, 0.25) is 0 Å². The van der Waals surface area contributed by atoms with Gasteiger partial charge in [-0.3, -0.25) is 9.69 Å². The first kappa shape index (κ1) is 18.3. The Bertz CT molecular complexity index is 815. The number of nitrogens with zero attached hydrogens (tertiary/aromatic N) is 1. The minimum absolute atomic E-state index is 0.0522. The Hall–Kier alpha value is -1.54. The number of hydrogen-bond donors (Lipinski definition) is 1. The largest absolute Gasteiger partial charge is 0.298 e. The van der Waals surface area contributed by atoms with Gasteiger partial charge in [0.15, 0.2) is 5.78 Å². The minimum Gasteiger partial charge on any atom is -0.298 e. The summed E-state index contributed by atoms with van der Waals surface area (Å²) in [5.74, 6) is 0.298. The molecule has 1 atom stereocenters. The Morgan fingerprint density at radius 2 is 2.04 bits per heavy atom. The third kappa shape index (κ3) is 4.36. The molecule has 1 saturated heterocycles. The van der Waals surface area contributed by atoms with Crippen LogP contribution in [0.3, 0.4) is 0 Å². The lowest BCUT2D eigenvalue weighted by Crippen LogP contribution is -2.38. The molecular weight excluding hydrogens is 356 g/mol. The number of likely N-dealkylation sites (tertiary alicyclic amines) is 1. The molecule has 5 nitrogen and oxygen atoms in total. The number of hydrogen-bond acceptors (Lipinski definition) is 5. The van der Waals surface area contributed by atoms with Crippen molar-refractivity contribution in [2.24, 2.45) is 5.92 Å². The molecule has 3 rings (SSSR count). The number of sulfonamides is 1. The first-order valence-electron chi connectivity index (χ1n) is 8.32. The maximum Gasteiger partial charge on any atom is 0.240 e. The third-order valence-electron chi connectivity index (χ3n) is 4.55. The summed E-state index contributed by atoms with van der Waals surface area (Å²) in [6.45, 7) is 2.45. The first-order chi connectivity index (χ1) is 12.0. The van der Waals surface area contributed by atoms with Gasteiger partial charge in [-0.05, 0) is 55.6 Å². The molecule has 0 radical (unpaired) electrons. The van der Waals surface area contributed by atoms with E-state index >= 15 is 0 Å². The second kappa shape index (κ2) is 7.78. The molecule has 0 unspecified atom stereocenters. The summed E-state index contributed by atoms with van der Waals surface area (Å²) < 4.78 is 25.9. The van der Waals surface area contributed by atoms with E-state index in [4.69, 9.17) is 0 Å². The molecule has 2 heterocycles. The zero-order chi connectivity index (χ0) is 17.9. The van der Waals surface area contributed by atoms with Gasteiger partial charge in [0.2, 0.25) is 10.0 Å². The fraction of sp³-hybridized carbons (Fsp3) is 0.389. The number of thiophene rings is 1. The predicted octanol–water partition coefficient (Wildman–Crippen LogP) is 2.75. The molecule has 1 aliphatic rings. The van der Waals surface area contributed by atoms with Gasteiger partial charge in [0.25, 0.3) is 0 Å². The number of Topliss-reactive ketones (excluding diaryl/α,β-unsaturated/α-hetero) is 1. The summed E-state index contributed by atoms with van der Waals surface area (Å²) in [5.41, 5.74) is 1.05. The molecule has 0 aliphatic carbocycles. The molecule has 0 saturated carbocycles. The number of nitrogens with one attached hydrogen (secondary N) is 1. The van der Waals surface area contributed by atoms with E-state index in [1.807, 2.05) is 29.6 Å². The normalized spacial score (nSPS) is 19.0. The molecular formula is C18H22N2O3S2. The third-order valence-corrected chi connectivity index (χ3v) is 6.86. The molecule has 0 bridgehead atoms. The lowest BCUT2D eigenvalue weighted by Gasteiger charge is -2.31. The molecule has 0 spiro atoms. The Morgan fingerprint density at radius 1 is 1.28 bits per heavy atom. The smallest absolute Gasteiger partial charge is 0.240 e. The van der Waals surface area contributed by atoms with Gasteiger partial charge in [-0.15, -0.1) is 11.3 Å². The standard InChI is InChI=1S/C18H22N2O3S2/c1-19-25(22,23)16-8-6-14(7-9-16)12-20-10-2-4-15(13-20)18(21)17-5-3-11-24-17/h3,5-9,11,15,19H,2,4,10,12-13H2,1H3/t15-/m1/s1. The molecule has 1 aromatic carbocycles. The maximum absolute atomic E-state index is 12.6. The molecule has 1 N–H and O–H groups in total. The van der Waals surface area contributed by atoms with Crippen molar-refractivity contribution in [2.45, 2.75) is 24.3 Å². The number of benzene rings is 1. The van der Waals surface area contributed by atoms with Crippen molar-refractivity contribution in [3.05, 3.63) is 52.2 Å². The van der Waals surface area contributed by atoms with E-state index in [9.17, 15) is 13.2 Å². The van der Waals surface area contributed by atoms with E-state index in [-0.39, 0.29) is 16.6 Å². The fourth-order valence-corrected chi connectivity index (χ4v) is 4.66. The minimum atomic E-state index is -3.40. The molecule has 0 amide bonds. The van der Waals surface area contributed by atoms with Crippen molar-refractivity contribution in [1.29, 1.82) is 0 Å². The summed E-state index contributed by atoms with van der Waals surface area (Å²) in [6.07, 6.45) is 1.95. The highest BCUT2D eigenvalue weighted by molar-refractivity contribution is 7.89. The van der Waals surface area contributed by atoms with Gasteiger partial charge in [0, 0.05) is 19.0 Å². The Labute approximate surface area is 152 Å². The number of carbonyl (C=O) groups excluding carboxylic acids is 1. The van der Waals surface area contributed by atoms with Crippen molar-refractivity contribution in [3.8, 4) is 0 Å². The van der Waals surface area contributed by atoms with Crippen LogP contribution in [0, 0.1) is 5.92 Å². The summed E-state index contributed by atoms with van der Waals surface area (Å²) in [6, 6.07) is 10.7. The topological polar surface area (TPSA) is 66.5 Å². The molecule has 134 valence electrons. The van der Waals surface area contributed by atoms with Crippen LogP contribution in [-0.2, 0) is 16.6 Å². The first-order valence-corrected chi connectivity index (χ1v) is 10.7. The Kier molecular flexibility index (Phi) is 5.68. The van der Waals surface area contributed by atoms with E-state index in [2.05, 4.69) is 9.62 Å². The van der Waals surface area contributed by atoms with Crippen LogP contribution in [0.5, 0.6) is 0 Å². The lowest BCUT2D eigenvalue weighted by molar-refractivity contribution is 0.0816. The summed E-state index contributed by atoms with van der Waals surface area (Å²) >= 11 is 1.51. The second-order valence-electron chi connectivity index (χ2n) is 6.27. The Balaban J connectivity index is 1.64. The van der Waals surface area contributed by atoms with E-state index in [1.165, 1.54) is 18.4 Å². The molecule has 2 aromatic rings. The molecule has 25 heavy (non-hydrogen) atoms. The van der Waals surface area contributed by atoms with Crippen LogP contribution in [0.1, 0.15) is 28.1 Å². The number of carbonyl (C=O) groups is 1. The second-order valence-corrected chi connectivity index (χ2v) is 9.10. The maximum atomic E-state index is 12.6. The molecule has 1 fully saturated rings. The number of rotatable bonds is 6. The van der Waals surface area contributed by atoms with Crippen LogP contribution in [0.25, 0.3) is 0 Å². The quantitative estimate of drug-likeness (QED) is 0.785. The van der Waals surface area contributed by atoms with Gasteiger partial charge in [-0.2, -0.15) is 0 Å². The summed E-state index contributed by atoms with van der Waals surface area (Å²) in [4.78, 5) is 15.9. The van der Waals surface area contributed by atoms with E-state index < -0.39 is 10.0 Å². The zero-order valence-corrected chi connectivity index (χ0v) is 15.8. The highest BCUT2D eigenvalue weighted by atomic mass is 32.2. The zero-order valence-electron chi connectivity index (χ0n) is 14.1. The monoisotopic (exact) mass is 378 g/mol. The molecule has 1 aromatic heterocycles. The molecule has 7 heteroatoms. The predicted molar refractivity (Wildman–Crippen MR) is 99.3 cm³/mol. The van der Waals surface area contributed by atoms with Crippen molar-refractivity contribution >= 4 is 27.1 Å². The summed E-state index contributed by atoms with van der Waals surface area (Å²) in [7, 11) is -2.00. The van der Waals surface area contributed by atoms with E-state index in [1.54, 1.807) is 12.1 Å². The van der Waals surface area contributed by atoms with Crippen molar-refractivity contribution in [1.82, 2.24) is 9.62 Å². The lowest BCUT2D eigenvalue weighted by atomic mass is 9.92. The van der Waals surface area contributed by atoms with Gasteiger partial charge >= 0.3 is 0 Å². The van der Waals surface area contributed by atoms with Crippen LogP contribution in [-0.4, -0.2) is 39.2 Å². The van der Waals surface area contributed by atoms with Crippen molar-refractivity contribution in [3.63, 3.8) is 0 Å².